The molecule has 0 saturated carbocycles. The Balaban J connectivity index is 1.24. The Labute approximate surface area is 319 Å². The van der Waals surface area contributed by atoms with Crippen molar-refractivity contribution in [1.29, 1.82) is 0 Å². The molecule has 0 bridgehead atoms. The van der Waals surface area contributed by atoms with Crippen LogP contribution in [0.15, 0.2) is 143 Å². The highest BCUT2D eigenvalue weighted by Crippen LogP contribution is 2.40. The normalized spacial score (nSPS) is 11.7. The van der Waals surface area contributed by atoms with Gasteiger partial charge >= 0.3 is 5.97 Å². The van der Waals surface area contributed by atoms with E-state index in [0.717, 1.165) is 21.6 Å². The molecule has 6 rings (SSSR count). The number of esters is 1. The summed E-state index contributed by atoms with van der Waals surface area (Å²) in [6.45, 7) is 3.93. The minimum Gasteiger partial charge on any atom is -0.462 e. The third-order valence-electron chi connectivity index (χ3n) is 7.91. The summed E-state index contributed by atoms with van der Waals surface area (Å²) >= 11 is 4.01. The lowest BCUT2D eigenvalue weighted by atomic mass is 10.0. The Bertz CT molecular complexity index is 2230. The maximum Gasteiger partial charge on any atom is 0.341 e. The van der Waals surface area contributed by atoms with Crippen LogP contribution in [0.1, 0.15) is 48.9 Å². The summed E-state index contributed by atoms with van der Waals surface area (Å²) in [5.41, 5.74) is 4.66. The molecule has 0 aliphatic carbocycles. The fraction of sp³-hybridized carbons (Fsp3) is 0.0952. The van der Waals surface area contributed by atoms with Crippen LogP contribution in [-0.2, 0) is 14.3 Å². The molecule has 53 heavy (non-hydrogen) atoms. The standard InChI is InChI=1S/C42H35N3O5S3/c1-3-50-42(49)36-34(28-21-19-27(2)20-22-28)26-52-41(36)45-40(48)37(29-12-6-4-7-13-29)53-33-17-10-16-31(24-33)43-39(47)35(25-32-18-11-23-51-32)44-38(46)30-14-8-5-9-15-30/h4-26,37H,3H2,1-2H3,(H,43,47)(H,44,46)(H,45,48)/b35-25-. The first-order chi connectivity index (χ1) is 25.8. The Hall–Kier alpha value is -5.75. The fourth-order valence-electron chi connectivity index (χ4n) is 5.32. The average molecular weight is 758 g/mol. The van der Waals surface area contributed by atoms with Crippen LogP contribution >= 0.6 is 34.4 Å². The number of anilines is 2. The third kappa shape index (κ3) is 9.58. The van der Waals surface area contributed by atoms with Crippen molar-refractivity contribution in [2.24, 2.45) is 0 Å². The van der Waals surface area contributed by atoms with Gasteiger partial charge in [0.15, 0.2) is 0 Å². The molecule has 3 N–H and O–H groups in total. The molecule has 8 nitrogen and oxygen atoms in total. The van der Waals surface area contributed by atoms with Crippen molar-refractivity contribution in [2.75, 3.05) is 17.2 Å². The largest absolute Gasteiger partial charge is 0.462 e. The highest BCUT2D eigenvalue weighted by molar-refractivity contribution is 8.00. The zero-order valence-corrected chi connectivity index (χ0v) is 31.3. The summed E-state index contributed by atoms with van der Waals surface area (Å²) in [6, 6.07) is 36.7. The summed E-state index contributed by atoms with van der Waals surface area (Å²) in [6.07, 6.45) is 1.63. The monoisotopic (exact) mass is 757 g/mol. The molecule has 1 atom stereocenters. The Morgan fingerprint density at radius 1 is 0.811 bits per heavy atom. The molecular weight excluding hydrogens is 723 g/mol. The zero-order valence-electron chi connectivity index (χ0n) is 28.8. The van der Waals surface area contributed by atoms with Crippen LogP contribution in [0.25, 0.3) is 17.2 Å². The maximum atomic E-state index is 14.2. The molecule has 2 aromatic heterocycles. The SMILES string of the molecule is CCOC(=O)c1c(-c2ccc(C)cc2)csc1NC(=O)C(Sc1cccc(NC(=O)/C(=C/c2cccs2)NC(=O)c2ccccc2)c1)c1ccccc1. The predicted octanol–water partition coefficient (Wildman–Crippen LogP) is 9.84. The van der Waals surface area contributed by atoms with E-state index in [1.807, 2.05) is 96.5 Å². The first kappa shape index (κ1) is 37.0. The van der Waals surface area contributed by atoms with Gasteiger partial charge in [0.1, 0.15) is 21.5 Å². The number of carbonyl (C=O) groups is 4. The molecule has 0 spiro atoms. The zero-order chi connectivity index (χ0) is 37.2. The average Bonchev–Trinajstić information content (AvgIpc) is 3.85. The van der Waals surface area contributed by atoms with Crippen LogP contribution in [-0.4, -0.2) is 30.3 Å². The molecule has 0 aliphatic rings. The van der Waals surface area contributed by atoms with Crippen LogP contribution in [0.4, 0.5) is 10.7 Å². The van der Waals surface area contributed by atoms with E-state index in [-0.39, 0.29) is 18.2 Å². The first-order valence-electron chi connectivity index (χ1n) is 16.7. The van der Waals surface area contributed by atoms with E-state index in [1.54, 1.807) is 55.5 Å². The number of thioether (sulfide) groups is 1. The minimum absolute atomic E-state index is 0.0826. The molecule has 0 radical (unpaired) electrons. The van der Waals surface area contributed by atoms with Gasteiger partial charge < -0.3 is 20.7 Å². The summed E-state index contributed by atoms with van der Waals surface area (Å²) in [7, 11) is 0. The number of aryl methyl sites for hydroxylation is 1. The summed E-state index contributed by atoms with van der Waals surface area (Å²) in [4.78, 5) is 55.6. The number of amides is 3. The number of hydrogen-bond acceptors (Lipinski definition) is 8. The second-order valence-electron chi connectivity index (χ2n) is 11.7. The number of hydrogen-bond donors (Lipinski definition) is 3. The Morgan fingerprint density at radius 2 is 1.55 bits per heavy atom. The Morgan fingerprint density at radius 3 is 2.25 bits per heavy atom. The quantitative estimate of drug-likeness (QED) is 0.0614. The molecule has 0 fully saturated rings. The molecule has 2 heterocycles. The van der Waals surface area contributed by atoms with Crippen molar-refractivity contribution in [3.63, 3.8) is 0 Å². The lowest BCUT2D eigenvalue weighted by Crippen LogP contribution is -2.30. The number of rotatable bonds is 13. The molecule has 3 amide bonds. The van der Waals surface area contributed by atoms with Crippen LogP contribution < -0.4 is 16.0 Å². The van der Waals surface area contributed by atoms with Crippen LogP contribution in [0, 0.1) is 6.92 Å². The topological polar surface area (TPSA) is 114 Å². The smallest absolute Gasteiger partial charge is 0.341 e. The molecule has 1 unspecified atom stereocenters. The van der Waals surface area contributed by atoms with E-state index in [4.69, 9.17) is 4.74 Å². The van der Waals surface area contributed by atoms with E-state index in [2.05, 4.69) is 16.0 Å². The van der Waals surface area contributed by atoms with Gasteiger partial charge in [0.05, 0.1) is 6.61 Å². The minimum atomic E-state index is -0.721. The van der Waals surface area contributed by atoms with E-state index in [1.165, 1.54) is 34.4 Å². The molecule has 266 valence electrons. The van der Waals surface area contributed by atoms with Gasteiger partial charge in [-0.25, -0.2) is 4.79 Å². The maximum absolute atomic E-state index is 14.2. The third-order valence-corrected chi connectivity index (χ3v) is 10.9. The van der Waals surface area contributed by atoms with Gasteiger partial charge in [0, 0.05) is 32.0 Å². The van der Waals surface area contributed by atoms with Crippen molar-refractivity contribution < 1.29 is 23.9 Å². The number of thiophene rings is 2. The molecular formula is C42H35N3O5S3. The van der Waals surface area contributed by atoms with Crippen molar-refractivity contribution in [2.45, 2.75) is 24.0 Å². The van der Waals surface area contributed by atoms with Gasteiger partial charge in [-0.2, -0.15) is 0 Å². The van der Waals surface area contributed by atoms with Gasteiger partial charge in [0.25, 0.3) is 11.8 Å². The molecule has 4 aromatic carbocycles. The van der Waals surface area contributed by atoms with Gasteiger partial charge in [0.2, 0.25) is 5.91 Å². The molecule has 0 saturated heterocycles. The number of carbonyl (C=O) groups excluding carboxylic acids is 4. The van der Waals surface area contributed by atoms with Crippen LogP contribution in [0.3, 0.4) is 0 Å². The number of nitrogens with one attached hydrogen (secondary N) is 3. The first-order valence-corrected chi connectivity index (χ1v) is 19.3. The van der Waals surface area contributed by atoms with E-state index < -0.39 is 23.0 Å². The second-order valence-corrected chi connectivity index (χ2v) is 14.8. The number of ether oxygens (including phenoxy) is 1. The van der Waals surface area contributed by atoms with E-state index in [9.17, 15) is 19.2 Å². The van der Waals surface area contributed by atoms with Crippen LogP contribution in [0.2, 0.25) is 0 Å². The van der Waals surface area contributed by atoms with Crippen LogP contribution in [0.5, 0.6) is 0 Å². The van der Waals surface area contributed by atoms with Crippen molar-refractivity contribution in [3.05, 3.63) is 165 Å². The summed E-state index contributed by atoms with van der Waals surface area (Å²) in [5, 5.41) is 12.1. The molecule has 6 aromatic rings. The summed E-state index contributed by atoms with van der Waals surface area (Å²) in [5.74, 6) is -1.76. The second kappa shape index (κ2) is 17.6. The molecule has 0 aliphatic heterocycles. The lowest BCUT2D eigenvalue weighted by Gasteiger charge is -2.18. The van der Waals surface area contributed by atoms with E-state index in [0.29, 0.717) is 32.3 Å². The fourth-order valence-corrected chi connectivity index (χ4v) is 8.02. The number of benzene rings is 4. The lowest BCUT2D eigenvalue weighted by molar-refractivity contribution is -0.116. The highest BCUT2D eigenvalue weighted by atomic mass is 32.2. The predicted molar refractivity (Wildman–Crippen MR) is 215 cm³/mol. The van der Waals surface area contributed by atoms with Crippen molar-refractivity contribution >= 4 is 74.9 Å². The van der Waals surface area contributed by atoms with Gasteiger partial charge in [-0.1, -0.05) is 90.5 Å². The van der Waals surface area contributed by atoms with Crippen molar-refractivity contribution in [1.82, 2.24) is 5.32 Å². The Kier molecular flexibility index (Phi) is 12.3. The highest BCUT2D eigenvalue weighted by Gasteiger charge is 2.28. The van der Waals surface area contributed by atoms with Gasteiger partial charge in [-0.15, -0.1) is 34.4 Å². The van der Waals surface area contributed by atoms with Crippen molar-refractivity contribution in [3.8, 4) is 11.1 Å². The van der Waals surface area contributed by atoms with E-state index >= 15 is 0 Å². The van der Waals surface area contributed by atoms with Gasteiger partial charge in [-0.05, 0) is 72.8 Å². The molecule has 11 heteroatoms. The summed E-state index contributed by atoms with van der Waals surface area (Å²) < 4.78 is 5.42. The van der Waals surface area contributed by atoms with Gasteiger partial charge in [-0.3, -0.25) is 14.4 Å².